The minimum absolute atomic E-state index is 0.0142. The topological polar surface area (TPSA) is 101 Å². The summed E-state index contributed by atoms with van der Waals surface area (Å²) in [5.41, 5.74) is -0.448. The largest absolute Gasteiger partial charge is 0.444 e. The quantitative estimate of drug-likeness (QED) is 0.355. The Morgan fingerprint density at radius 2 is 2.15 bits per heavy atom. The third-order valence-electron chi connectivity index (χ3n) is 3.26. The van der Waals surface area contributed by atoms with Crippen LogP contribution in [0.3, 0.4) is 0 Å². The molecule has 9 heteroatoms. The Morgan fingerprint density at radius 1 is 1.44 bits per heavy atom. The van der Waals surface area contributed by atoms with Gasteiger partial charge in [-0.3, -0.25) is 25.1 Å². The van der Waals surface area contributed by atoms with Crippen molar-refractivity contribution in [2.45, 2.75) is 26.4 Å². The second kappa shape index (κ2) is 8.09. The van der Waals surface area contributed by atoms with Crippen LogP contribution in [0.2, 0.25) is 0 Å². The SMILES string of the molecule is C=CCN1C(=O)/C(=C/c2cccnc2NC(=O)OC(C)(C)C)C(=O)NC1=S. The fourth-order valence-electron chi connectivity index (χ4n) is 2.18. The van der Waals surface area contributed by atoms with E-state index in [9.17, 15) is 14.4 Å². The number of aromatic nitrogens is 1. The molecule has 142 valence electrons. The van der Waals surface area contributed by atoms with Crippen molar-refractivity contribution >= 4 is 47.1 Å². The highest BCUT2D eigenvalue weighted by Gasteiger charge is 2.32. The molecule has 27 heavy (non-hydrogen) atoms. The molecular weight excluding hydrogens is 368 g/mol. The Bertz CT molecular complexity index is 842. The molecular formula is C18H20N4O4S. The third-order valence-corrected chi connectivity index (χ3v) is 3.58. The lowest BCUT2D eigenvalue weighted by molar-refractivity contribution is -0.128. The van der Waals surface area contributed by atoms with Gasteiger partial charge in [-0.1, -0.05) is 6.08 Å². The van der Waals surface area contributed by atoms with Gasteiger partial charge in [-0.2, -0.15) is 0 Å². The molecule has 0 spiro atoms. The summed E-state index contributed by atoms with van der Waals surface area (Å²) in [6, 6.07) is 3.22. The standard InChI is InChI=1S/C18H20N4O4S/c1-5-9-22-15(24)12(14(23)21-16(22)27)10-11-7-6-8-19-13(11)20-17(25)26-18(2,3)4/h5-8,10H,1,9H2,2-4H3,(H,19,20,25)(H,21,23,27)/b12-10+. The summed E-state index contributed by atoms with van der Waals surface area (Å²) >= 11 is 5.01. The maximum absolute atomic E-state index is 12.6. The van der Waals surface area contributed by atoms with Crippen LogP contribution >= 0.6 is 12.2 Å². The summed E-state index contributed by atoms with van der Waals surface area (Å²) in [5, 5.41) is 4.99. The van der Waals surface area contributed by atoms with E-state index in [0.717, 1.165) is 0 Å². The number of pyridine rings is 1. The summed E-state index contributed by atoms with van der Waals surface area (Å²) in [7, 11) is 0. The van der Waals surface area contributed by atoms with Crippen LogP contribution in [0.15, 0.2) is 36.6 Å². The number of anilines is 1. The summed E-state index contributed by atoms with van der Waals surface area (Å²) in [5.74, 6) is -1.03. The number of nitrogens with one attached hydrogen (secondary N) is 2. The molecule has 2 heterocycles. The second-order valence-electron chi connectivity index (χ2n) is 6.59. The number of thiocarbonyl (C=S) groups is 1. The maximum atomic E-state index is 12.6. The molecule has 1 aliphatic rings. The number of rotatable bonds is 4. The van der Waals surface area contributed by atoms with E-state index in [2.05, 4.69) is 22.2 Å². The van der Waals surface area contributed by atoms with E-state index in [1.165, 1.54) is 23.2 Å². The van der Waals surface area contributed by atoms with E-state index >= 15 is 0 Å². The molecule has 1 aliphatic heterocycles. The smallest absolute Gasteiger partial charge is 0.413 e. The van der Waals surface area contributed by atoms with E-state index in [4.69, 9.17) is 17.0 Å². The Labute approximate surface area is 162 Å². The van der Waals surface area contributed by atoms with Crippen molar-refractivity contribution in [1.82, 2.24) is 15.2 Å². The second-order valence-corrected chi connectivity index (χ2v) is 6.98. The van der Waals surface area contributed by atoms with Crippen LogP contribution in [0.25, 0.3) is 6.08 Å². The molecule has 0 aromatic carbocycles. The number of ether oxygens (including phenoxy) is 1. The first kappa shape index (κ1) is 20.2. The van der Waals surface area contributed by atoms with Crippen LogP contribution in [-0.2, 0) is 14.3 Å². The monoisotopic (exact) mass is 388 g/mol. The number of hydrogen-bond acceptors (Lipinski definition) is 6. The molecule has 1 fully saturated rings. The van der Waals surface area contributed by atoms with Gasteiger partial charge in [0.1, 0.15) is 17.0 Å². The Hall–Kier alpha value is -3.07. The number of nitrogens with zero attached hydrogens (tertiary/aromatic N) is 2. The van der Waals surface area contributed by atoms with E-state index in [-0.39, 0.29) is 23.0 Å². The molecule has 2 N–H and O–H groups in total. The van der Waals surface area contributed by atoms with Crippen molar-refractivity contribution in [1.29, 1.82) is 0 Å². The lowest BCUT2D eigenvalue weighted by Gasteiger charge is -2.27. The normalized spacial score (nSPS) is 16.2. The first-order chi connectivity index (χ1) is 12.6. The van der Waals surface area contributed by atoms with E-state index in [1.807, 2.05) is 0 Å². The van der Waals surface area contributed by atoms with Crippen molar-refractivity contribution < 1.29 is 19.1 Å². The molecule has 8 nitrogen and oxygen atoms in total. The van der Waals surface area contributed by atoms with Gasteiger partial charge in [0.15, 0.2) is 5.11 Å². The van der Waals surface area contributed by atoms with Gasteiger partial charge in [0, 0.05) is 18.3 Å². The molecule has 0 atom stereocenters. The van der Waals surface area contributed by atoms with Gasteiger partial charge in [0.25, 0.3) is 11.8 Å². The fourth-order valence-corrected chi connectivity index (χ4v) is 2.43. The summed E-state index contributed by atoms with van der Waals surface area (Å²) in [4.78, 5) is 42.1. The number of hydrogen-bond donors (Lipinski definition) is 2. The number of carbonyl (C=O) groups is 3. The van der Waals surface area contributed by atoms with E-state index in [1.54, 1.807) is 32.9 Å². The predicted molar refractivity (Wildman–Crippen MR) is 105 cm³/mol. The Kier molecular flexibility index (Phi) is 6.06. The van der Waals surface area contributed by atoms with Crippen LogP contribution in [0.1, 0.15) is 26.3 Å². The average Bonchev–Trinajstić information content (AvgIpc) is 2.55. The first-order valence-electron chi connectivity index (χ1n) is 8.07. The molecule has 1 saturated heterocycles. The molecule has 0 unspecified atom stereocenters. The van der Waals surface area contributed by atoms with Crippen molar-refractivity contribution in [3.05, 3.63) is 42.1 Å². The summed E-state index contributed by atoms with van der Waals surface area (Å²) in [6.07, 6.45) is 3.61. The van der Waals surface area contributed by atoms with Crippen molar-refractivity contribution in [3.8, 4) is 0 Å². The predicted octanol–water partition coefficient (Wildman–Crippen LogP) is 2.24. The zero-order chi connectivity index (χ0) is 20.2. The van der Waals surface area contributed by atoms with Crippen molar-refractivity contribution in [2.24, 2.45) is 0 Å². The molecule has 1 aromatic heterocycles. The van der Waals surface area contributed by atoms with Crippen molar-refractivity contribution in [2.75, 3.05) is 11.9 Å². The van der Waals surface area contributed by atoms with Gasteiger partial charge in [0.05, 0.1) is 0 Å². The van der Waals surface area contributed by atoms with Crippen LogP contribution in [0.4, 0.5) is 10.6 Å². The molecule has 3 amide bonds. The summed E-state index contributed by atoms with van der Waals surface area (Å²) in [6.45, 7) is 8.93. The number of carbonyl (C=O) groups excluding carboxylic acids is 3. The van der Waals surface area contributed by atoms with E-state index < -0.39 is 23.5 Å². The highest BCUT2D eigenvalue weighted by molar-refractivity contribution is 7.80. The Morgan fingerprint density at radius 3 is 2.78 bits per heavy atom. The van der Waals surface area contributed by atoms with Gasteiger partial charge in [-0.15, -0.1) is 6.58 Å². The van der Waals surface area contributed by atoms with Crippen LogP contribution in [0.5, 0.6) is 0 Å². The van der Waals surface area contributed by atoms with Gasteiger partial charge >= 0.3 is 6.09 Å². The molecule has 2 rings (SSSR count). The molecule has 0 aliphatic carbocycles. The van der Waals surface area contributed by atoms with Gasteiger partial charge < -0.3 is 4.74 Å². The lowest BCUT2D eigenvalue weighted by Crippen LogP contribution is -2.53. The zero-order valence-electron chi connectivity index (χ0n) is 15.2. The van der Waals surface area contributed by atoms with Crippen LogP contribution < -0.4 is 10.6 Å². The molecule has 0 bridgehead atoms. The zero-order valence-corrected chi connectivity index (χ0v) is 16.1. The molecule has 1 aromatic rings. The minimum Gasteiger partial charge on any atom is -0.444 e. The van der Waals surface area contributed by atoms with Crippen molar-refractivity contribution in [3.63, 3.8) is 0 Å². The third kappa shape index (κ3) is 5.20. The lowest BCUT2D eigenvalue weighted by atomic mass is 10.1. The highest BCUT2D eigenvalue weighted by atomic mass is 32.1. The average molecular weight is 388 g/mol. The van der Waals surface area contributed by atoms with Crippen LogP contribution in [-0.4, -0.2) is 45.0 Å². The van der Waals surface area contributed by atoms with E-state index in [0.29, 0.717) is 5.56 Å². The fraction of sp³-hybridized carbons (Fsp3) is 0.278. The first-order valence-corrected chi connectivity index (χ1v) is 8.48. The maximum Gasteiger partial charge on any atom is 0.413 e. The van der Waals surface area contributed by atoms with Gasteiger partial charge in [-0.05, 0) is 51.2 Å². The Balaban J connectivity index is 2.34. The molecule has 0 saturated carbocycles. The number of amides is 3. The van der Waals surface area contributed by atoms with Gasteiger partial charge in [0.2, 0.25) is 0 Å². The molecule has 0 radical (unpaired) electrons. The van der Waals surface area contributed by atoms with Gasteiger partial charge in [-0.25, -0.2) is 9.78 Å². The minimum atomic E-state index is -0.699. The summed E-state index contributed by atoms with van der Waals surface area (Å²) < 4.78 is 5.20. The highest BCUT2D eigenvalue weighted by Crippen LogP contribution is 2.20. The van der Waals surface area contributed by atoms with Crippen LogP contribution in [0, 0.1) is 0 Å².